The van der Waals surface area contributed by atoms with Crippen molar-refractivity contribution in [3.05, 3.63) is 82.4 Å². The number of hydrogen-bond acceptors (Lipinski definition) is 7. The molecule has 0 aliphatic carbocycles. The van der Waals surface area contributed by atoms with Crippen LogP contribution in [0.25, 0.3) is 10.8 Å². The van der Waals surface area contributed by atoms with Gasteiger partial charge in [-0.1, -0.05) is 18.2 Å². The minimum atomic E-state index is -3.82. The summed E-state index contributed by atoms with van der Waals surface area (Å²) in [6.07, 6.45) is 2.98. The van der Waals surface area contributed by atoms with Gasteiger partial charge in [-0.05, 0) is 42.8 Å². The summed E-state index contributed by atoms with van der Waals surface area (Å²) in [7, 11) is -2.19. The average molecular weight is 452 g/mol. The van der Waals surface area contributed by atoms with Crippen molar-refractivity contribution in [1.82, 2.24) is 19.6 Å². The molecule has 0 fully saturated rings. The Morgan fingerprint density at radius 3 is 2.62 bits per heavy atom. The highest BCUT2D eigenvalue weighted by atomic mass is 32.2. The van der Waals surface area contributed by atoms with Gasteiger partial charge in [-0.15, -0.1) is 0 Å². The average Bonchev–Trinajstić information content (AvgIpc) is 3.23. The van der Waals surface area contributed by atoms with Crippen LogP contribution in [-0.4, -0.2) is 40.6 Å². The Morgan fingerprint density at radius 2 is 1.91 bits per heavy atom. The van der Waals surface area contributed by atoms with Gasteiger partial charge in [-0.2, -0.15) is 10.2 Å². The Morgan fingerprint density at radius 1 is 1.12 bits per heavy atom. The normalized spacial score (nSPS) is 11.6. The van der Waals surface area contributed by atoms with Crippen LogP contribution in [0.15, 0.2) is 75.6 Å². The smallest absolute Gasteiger partial charge is 0.338 e. The number of nitrogens with zero attached hydrogens (tertiary/aromatic N) is 4. The summed E-state index contributed by atoms with van der Waals surface area (Å²) in [6, 6.07) is 12.5. The molecule has 0 N–H and O–H groups in total. The van der Waals surface area contributed by atoms with Gasteiger partial charge in [0.05, 0.1) is 35.2 Å². The zero-order valence-corrected chi connectivity index (χ0v) is 18.2. The number of carbonyl (C=O) groups is 1. The maximum absolute atomic E-state index is 13.0. The van der Waals surface area contributed by atoms with Crippen molar-refractivity contribution in [3.8, 4) is 0 Å². The molecule has 0 saturated carbocycles. The first-order valence-electron chi connectivity index (χ1n) is 9.81. The van der Waals surface area contributed by atoms with Crippen molar-refractivity contribution in [2.45, 2.75) is 23.4 Å². The predicted octanol–water partition coefficient (Wildman–Crippen LogP) is 2.19. The van der Waals surface area contributed by atoms with Crippen LogP contribution in [0.3, 0.4) is 0 Å². The summed E-state index contributed by atoms with van der Waals surface area (Å²) in [5, 5.41) is 8.78. The zero-order valence-electron chi connectivity index (χ0n) is 17.4. The molecule has 0 radical (unpaired) electrons. The van der Waals surface area contributed by atoms with E-state index in [0.717, 1.165) is 0 Å². The molecule has 0 spiro atoms. The first-order valence-corrected chi connectivity index (χ1v) is 11.3. The van der Waals surface area contributed by atoms with Gasteiger partial charge in [-0.3, -0.25) is 9.48 Å². The SMILES string of the molecule is CCOC(=O)c1ccccc1Cn1ncc2cc(S(=O)(=O)c3ccn(C)n3)ccc2c1=O. The van der Waals surface area contributed by atoms with Crippen LogP contribution in [0.2, 0.25) is 0 Å². The number of ether oxygens (including phenoxy) is 1. The van der Waals surface area contributed by atoms with Crippen molar-refractivity contribution in [1.29, 1.82) is 0 Å². The first-order chi connectivity index (χ1) is 15.3. The lowest BCUT2D eigenvalue weighted by atomic mass is 10.1. The van der Waals surface area contributed by atoms with E-state index in [1.807, 2.05) is 0 Å². The second-order valence-corrected chi connectivity index (χ2v) is 8.96. The summed E-state index contributed by atoms with van der Waals surface area (Å²) in [4.78, 5) is 25.2. The van der Waals surface area contributed by atoms with Crippen LogP contribution < -0.4 is 5.56 Å². The van der Waals surface area contributed by atoms with E-state index in [1.165, 1.54) is 39.8 Å². The maximum Gasteiger partial charge on any atom is 0.338 e. The summed E-state index contributed by atoms with van der Waals surface area (Å²) in [6.45, 7) is 2.03. The molecule has 2 heterocycles. The quantitative estimate of drug-likeness (QED) is 0.412. The minimum Gasteiger partial charge on any atom is -0.462 e. The fourth-order valence-electron chi connectivity index (χ4n) is 3.33. The summed E-state index contributed by atoms with van der Waals surface area (Å²) < 4.78 is 33.3. The van der Waals surface area contributed by atoms with E-state index in [1.54, 1.807) is 44.4 Å². The van der Waals surface area contributed by atoms with Crippen LogP contribution in [0.5, 0.6) is 0 Å². The summed E-state index contributed by atoms with van der Waals surface area (Å²) in [5.41, 5.74) is 0.553. The molecule has 4 rings (SSSR count). The topological polar surface area (TPSA) is 113 Å². The second kappa shape index (κ2) is 8.39. The number of rotatable bonds is 6. The third-order valence-electron chi connectivity index (χ3n) is 4.93. The highest BCUT2D eigenvalue weighted by Crippen LogP contribution is 2.22. The predicted molar refractivity (Wildman–Crippen MR) is 116 cm³/mol. The molecule has 9 nitrogen and oxygen atoms in total. The standard InChI is InChI=1S/C22H20N4O5S/c1-3-31-22(28)19-7-5-4-6-15(19)14-26-21(27)18-9-8-17(12-16(18)13-23-26)32(29,30)20-10-11-25(2)24-20/h4-13H,3,14H2,1-2H3. The molecule has 0 aliphatic rings. The molecule has 0 saturated heterocycles. The van der Waals surface area contributed by atoms with Crippen molar-refractivity contribution < 1.29 is 17.9 Å². The fraction of sp³-hybridized carbons (Fsp3) is 0.182. The molecule has 0 aliphatic heterocycles. The number of sulfone groups is 1. The fourth-order valence-corrected chi connectivity index (χ4v) is 4.58. The molecule has 0 atom stereocenters. The number of hydrogen-bond donors (Lipinski definition) is 0. The van der Waals surface area contributed by atoms with Crippen LogP contribution in [0, 0.1) is 0 Å². The maximum atomic E-state index is 13.0. The van der Waals surface area contributed by atoms with Crippen molar-refractivity contribution in [2.24, 2.45) is 7.05 Å². The van der Waals surface area contributed by atoms with E-state index in [-0.39, 0.29) is 23.1 Å². The van der Waals surface area contributed by atoms with E-state index in [0.29, 0.717) is 21.9 Å². The lowest BCUT2D eigenvalue weighted by Crippen LogP contribution is -2.24. The third-order valence-corrected chi connectivity index (χ3v) is 6.57. The van der Waals surface area contributed by atoms with E-state index in [4.69, 9.17) is 4.74 Å². The van der Waals surface area contributed by atoms with Crippen LogP contribution in [0.1, 0.15) is 22.8 Å². The zero-order chi connectivity index (χ0) is 22.9. The van der Waals surface area contributed by atoms with Crippen LogP contribution in [0.4, 0.5) is 0 Å². The van der Waals surface area contributed by atoms with E-state index in [9.17, 15) is 18.0 Å². The van der Waals surface area contributed by atoms with Gasteiger partial charge < -0.3 is 4.74 Å². The molecular formula is C22H20N4O5S. The van der Waals surface area contributed by atoms with Crippen molar-refractivity contribution in [3.63, 3.8) is 0 Å². The highest BCUT2D eigenvalue weighted by molar-refractivity contribution is 7.91. The molecule has 0 amide bonds. The van der Waals surface area contributed by atoms with Gasteiger partial charge in [0.2, 0.25) is 9.84 Å². The number of carbonyl (C=O) groups excluding carboxylic acids is 1. The van der Waals surface area contributed by atoms with Gasteiger partial charge in [0, 0.05) is 18.6 Å². The summed E-state index contributed by atoms with van der Waals surface area (Å²) >= 11 is 0. The van der Waals surface area contributed by atoms with E-state index >= 15 is 0 Å². The number of benzene rings is 2. The highest BCUT2D eigenvalue weighted by Gasteiger charge is 2.21. The first kappa shape index (κ1) is 21.4. The number of fused-ring (bicyclic) bond motifs is 1. The number of esters is 1. The Bertz CT molecular complexity index is 1490. The van der Waals surface area contributed by atoms with E-state index < -0.39 is 21.4 Å². The second-order valence-electron chi connectivity index (χ2n) is 7.07. The van der Waals surface area contributed by atoms with Gasteiger partial charge >= 0.3 is 5.97 Å². The van der Waals surface area contributed by atoms with E-state index in [2.05, 4.69) is 10.2 Å². The van der Waals surface area contributed by atoms with Crippen molar-refractivity contribution >= 4 is 26.6 Å². The molecule has 4 aromatic rings. The molecule has 32 heavy (non-hydrogen) atoms. The number of aryl methyl sites for hydroxylation is 1. The molecule has 2 aromatic heterocycles. The largest absolute Gasteiger partial charge is 0.462 e. The molecule has 0 unspecified atom stereocenters. The lowest BCUT2D eigenvalue weighted by Gasteiger charge is -2.11. The Kier molecular flexibility index (Phi) is 5.62. The van der Waals surface area contributed by atoms with Crippen LogP contribution in [-0.2, 0) is 28.2 Å². The van der Waals surface area contributed by atoms with Gasteiger partial charge in [0.25, 0.3) is 5.56 Å². The lowest BCUT2D eigenvalue weighted by molar-refractivity contribution is 0.0525. The third kappa shape index (κ3) is 3.92. The van der Waals surface area contributed by atoms with Crippen molar-refractivity contribution in [2.75, 3.05) is 6.61 Å². The molecule has 10 heteroatoms. The Labute approximate surface area is 183 Å². The Hall–Kier alpha value is -3.79. The molecule has 0 bridgehead atoms. The molecule has 164 valence electrons. The van der Waals surface area contributed by atoms with Gasteiger partial charge in [0.1, 0.15) is 0 Å². The molecule has 2 aromatic carbocycles. The summed E-state index contributed by atoms with van der Waals surface area (Å²) in [5.74, 6) is -0.471. The Balaban J connectivity index is 1.72. The minimum absolute atomic E-state index is 0.0234. The van der Waals surface area contributed by atoms with Gasteiger partial charge in [0.15, 0.2) is 5.03 Å². The van der Waals surface area contributed by atoms with Crippen LogP contribution >= 0.6 is 0 Å². The van der Waals surface area contributed by atoms with Gasteiger partial charge in [-0.25, -0.2) is 17.9 Å². The monoisotopic (exact) mass is 452 g/mol. The molecular weight excluding hydrogens is 432 g/mol. The number of aromatic nitrogens is 4.